The molecule has 0 aliphatic heterocycles. The van der Waals surface area contributed by atoms with Gasteiger partial charge < -0.3 is 16.2 Å². The first-order valence-corrected chi connectivity index (χ1v) is 6.33. The molecule has 7 nitrogen and oxygen atoms in total. The fraction of sp³-hybridized carbons (Fsp3) is 0.462. The zero-order chi connectivity index (χ0) is 14.9. The summed E-state index contributed by atoms with van der Waals surface area (Å²) in [6, 6.07) is 4.66. The summed E-state index contributed by atoms with van der Waals surface area (Å²) in [5, 5.41) is 10.9. The predicted molar refractivity (Wildman–Crippen MR) is 72.2 cm³/mol. The number of ether oxygens (including phenoxy) is 1. The molecule has 1 aliphatic rings. The van der Waals surface area contributed by atoms with Gasteiger partial charge >= 0.3 is 0 Å². The van der Waals surface area contributed by atoms with E-state index in [-0.39, 0.29) is 11.8 Å². The third-order valence-corrected chi connectivity index (χ3v) is 3.74. The Morgan fingerprint density at radius 2 is 2.25 bits per heavy atom. The van der Waals surface area contributed by atoms with Gasteiger partial charge in [0, 0.05) is 12.5 Å². The number of nitro groups is 1. The highest BCUT2D eigenvalue weighted by Gasteiger charge is 2.41. The summed E-state index contributed by atoms with van der Waals surface area (Å²) in [6.07, 6.45) is 1.13. The lowest BCUT2D eigenvalue weighted by Gasteiger charge is -2.20. The third-order valence-electron chi connectivity index (χ3n) is 3.74. The first-order chi connectivity index (χ1) is 9.33. The Kier molecular flexibility index (Phi) is 3.63. The minimum Gasteiger partial charge on any atom is -0.490 e. The van der Waals surface area contributed by atoms with Gasteiger partial charge in [0.25, 0.3) is 5.69 Å². The summed E-state index contributed by atoms with van der Waals surface area (Å²) in [4.78, 5) is 21.7. The van der Waals surface area contributed by atoms with Crippen molar-refractivity contribution >= 4 is 11.6 Å². The van der Waals surface area contributed by atoms with E-state index in [0.717, 1.165) is 0 Å². The smallest absolute Gasteiger partial charge is 0.276 e. The minimum absolute atomic E-state index is 0.00871. The number of hydrogen-bond acceptors (Lipinski definition) is 5. The Bertz CT molecular complexity index is 561. The molecule has 7 heteroatoms. The zero-order valence-corrected chi connectivity index (χ0v) is 11.2. The lowest BCUT2D eigenvalue weighted by atomic mass is 9.99. The number of nitrogens with two attached hydrogens (primary N) is 2. The van der Waals surface area contributed by atoms with Gasteiger partial charge in [-0.3, -0.25) is 14.9 Å². The van der Waals surface area contributed by atoms with Gasteiger partial charge in [-0.25, -0.2) is 0 Å². The summed E-state index contributed by atoms with van der Waals surface area (Å²) in [7, 11) is 0. The number of benzene rings is 1. The van der Waals surface area contributed by atoms with Crippen LogP contribution in [-0.4, -0.2) is 22.5 Å². The normalized spacial score (nSPS) is 25.4. The first kappa shape index (κ1) is 14.3. The van der Waals surface area contributed by atoms with Crippen molar-refractivity contribution in [1.82, 2.24) is 0 Å². The molecule has 0 heterocycles. The van der Waals surface area contributed by atoms with E-state index < -0.39 is 16.4 Å². The van der Waals surface area contributed by atoms with Crippen molar-refractivity contribution in [2.45, 2.75) is 37.8 Å². The molecule has 0 spiro atoms. The number of rotatable bonds is 4. The van der Waals surface area contributed by atoms with Crippen molar-refractivity contribution in [2.75, 3.05) is 0 Å². The molecule has 1 fully saturated rings. The molecule has 2 unspecified atom stereocenters. The maximum atomic E-state index is 11.3. The van der Waals surface area contributed by atoms with Crippen LogP contribution in [0.3, 0.4) is 0 Å². The number of nitrogens with zero attached hydrogens (tertiary/aromatic N) is 1. The van der Waals surface area contributed by atoms with Gasteiger partial charge in [0.1, 0.15) is 11.9 Å². The monoisotopic (exact) mass is 279 g/mol. The Morgan fingerprint density at radius 1 is 1.55 bits per heavy atom. The van der Waals surface area contributed by atoms with E-state index in [4.69, 9.17) is 16.2 Å². The second-order valence-corrected chi connectivity index (χ2v) is 5.16. The maximum absolute atomic E-state index is 11.3. The Hall–Kier alpha value is -2.15. The molecule has 1 aromatic rings. The Morgan fingerprint density at radius 3 is 2.80 bits per heavy atom. The van der Waals surface area contributed by atoms with Gasteiger partial charge in [0.15, 0.2) is 0 Å². The molecular formula is C13H17N3O4. The van der Waals surface area contributed by atoms with E-state index in [0.29, 0.717) is 30.6 Å². The predicted octanol–water partition coefficient (Wildman–Crippen LogP) is 1.02. The van der Waals surface area contributed by atoms with Crippen molar-refractivity contribution in [1.29, 1.82) is 0 Å². The zero-order valence-electron chi connectivity index (χ0n) is 11.2. The second kappa shape index (κ2) is 5.09. The van der Waals surface area contributed by atoms with Crippen LogP contribution in [0.1, 0.15) is 24.8 Å². The van der Waals surface area contributed by atoms with Gasteiger partial charge in [-0.05, 0) is 25.8 Å². The number of primary amides is 1. The molecule has 1 aromatic carbocycles. The van der Waals surface area contributed by atoms with Gasteiger partial charge in [-0.15, -0.1) is 0 Å². The quantitative estimate of drug-likeness (QED) is 0.629. The summed E-state index contributed by atoms with van der Waals surface area (Å²) >= 11 is 0. The van der Waals surface area contributed by atoms with Crippen molar-refractivity contribution in [3.8, 4) is 5.75 Å². The molecule has 1 amide bonds. The van der Waals surface area contributed by atoms with E-state index in [2.05, 4.69) is 0 Å². The molecular weight excluding hydrogens is 262 g/mol. The van der Waals surface area contributed by atoms with E-state index in [9.17, 15) is 14.9 Å². The van der Waals surface area contributed by atoms with E-state index in [1.165, 1.54) is 6.07 Å². The number of nitro benzene ring substituents is 1. The highest BCUT2D eigenvalue weighted by Crippen LogP contribution is 2.34. The molecule has 0 aromatic heterocycles. The van der Waals surface area contributed by atoms with E-state index in [1.54, 1.807) is 19.1 Å². The second-order valence-electron chi connectivity index (χ2n) is 5.16. The van der Waals surface area contributed by atoms with Crippen molar-refractivity contribution in [2.24, 2.45) is 11.5 Å². The topological polar surface area (TPSA) is 121 Å². The maximum Gasteiger partial charge on any atom is 0.276 e. The summed E-state index contributed by atoms with van der Waals surface area (Å²) in [5.41, 5.74) is 10.6. The van der Waals surface area contributed by atoms with Crippen LogP contribution >= 0.6 is 0 Å². The fourth-order valence-electron chi connectivity index (χ4n) is 2.46. The number of hydrogen-bond donors (Lipinski definition) is 2. The van der Waals surface area contributed by atoms with Crippen molar-refractivity contribution in [3.63, 3.8) is 0 Å². The van der Waals surface area contributed by atoms with Crippen LogP contribution in [-0.2, 0) is 4.79 Å². The van der Waals surface area contributed by atoms with Crippen LogP contribution in [0.5, 0.6) is 5.75 Å². The summed E-state index contributed by atoms with van der Waals surface area (Å²) in [6.45, 7) is 1.63. The van der Waals surface area contributed by atoms with Crippen LogP contribution in [0.2, 0.25) is 0 Å². The molecule has 1 saturated carbocycles. The number of carbonyl (C=O) groups excluding carboxylic acids is 1. The Labute approximate surface area is 116 Å². The molecule has 2 rings (SSSR count). The van der Waals surface area contributed by atoms with Crippen LogP contribution in [0.25, 0.3) is 0 Å². The van der Waals surface area contributed by atoms with Gasteiger partial charge in [0.2, 0.25) is 5.91 Å². The summed E-state index contributed by atoms with van der Waals surface area (Å²) in [5.74, 6) is -0.0997. The molecule has 0 radical (unpaired) electrons. The standard InChI is InChI=1S/C13H17N3O4/c1-8-10(16(18)19)3-2-4-11(8)20-9-5-6-13(15,7-9)12(14)17/h2-4,9H,5-7,15H2,1H3,(H2,14,17). The molecule has 1 aliphatic carbocycles. The number of carbonyl (C=O) groups is 1. The molecule has 2 atom stereocenters. The van der Waals surface area contributed by atoms with Gasteiger partial charge in [-0.1, -0.05) is 6.07 Å². The molecule has 0 saturated heterocycles. The van der Waals surface area contributed by atoms with Gasteiger partial charge in [-0.2, -0.15) is 0 Å². The molecule has 108 valence electrons. The lowest BCUT2D eigenvalue weighted by molar-refractivity contribution is -0.385. The van der Waals surface area contributed by atoms with Crippen molar-refractivity contribution in [3.05, 3.63) is 33.9 Å². The van der Waals surface area contributed by atoms with Crippen molar-refractivity contribution < 1.29 is 14.5 Å². The minimum atomic E-state index is -1.04. The third kappa shape index (κ3) is 2.57. The highest BCUT2D eigenvalue weighted by atomic mass is 16.6. The molecule has 0 bridgehead atoms. The lowest BCUT2D eigenvalue weighted by Crippen LogP contribution is -2.50. The summed E-state index contributed by atoms with van der Waals surface area (Å²) < 4.78 is 5.75. The largest absolute Gasteiger partial charge is 0.490 e. The first-order valence-electron chi connectivity index (χ1n) is 6.33. The fourth-order valence-corrected chi connectivity index (χ4v) is 2.46. The van der Waals surface area contributed by atoms with E-state index >= 15 is 0 Å². The average Bonchev–Trinajstić information content (AvgIpc) is 2.75. The van der Waals surface area contributed by atoms with Crippen LogP contribution in [0.4, 0.5) is 5.69 Å². The molecule has 4 N–H and O–H groups in total. The van der Waals surface area contributed by atoms with Gasteiger partial charge in [0.05, 0.1) is 16.0 Å². The average molecular weight is 279 g/mol. The highest BCUT2D eigenvalue weighted by molar-refractivity contribution is 5.84. The Balaban J connectivity index is 2.15. The van der Waals surface area contributed by atoms with Crippen LogP contribution in [0.15, 0.2) is 18.2 Å². The number of amides is 1. The van der Waals surface area contributed by atoms with E-state index in [1.807, 2.05) is 0 Å². The van der Waals surface area contributed by atoms with Crippen LogP contribution < -0.4 is 16.2 Å². The molecule has 20 heavy (non-hydrogen) atoms. The van der Waals surface area contributed by atoms with Crippen LogP contribution in [0, 0.1) is 17.0 Å². The SMILES string of the molecule is Cc1c(OC2CCC(N)(C(N)=O)C2)cccc1[N+](=O)[O-].